The third-order valence-corrected chi connectivity index (χ3v) is 3.15. The normalized spacial score (nSPS) is 14.0. The second-order valence-corrected chi connectivity index (χ2v) is 5.86. The number of ether oxygens (including phenoxy) is 1. The van der Waals surface area contributed by atoms with Gasteiger partial charge in [-0.1, -0.05) is 32.0 Å². The number of aryl methyl sites for hydroxylation is 1. The number of amides is 1. The standard InChI is InChI=1S/C15H21NO2.C2H6/c1-11-6-5-7-12-10-16(9-8-13(11)12)14(17)18-15(2,3)4;1-2/h5-7H,8-10H2,1-4H3;1-2H3. The van der Waals surface area contributed by atoms with Crippen molar-refractivity contribution in [2.24, 2.45) is 0 Å². The number of fused-ring (bicyclic) bond motifs is 1. The van der Waals surface area contributed by atoms with Crippen LogP contribution < -0.4 is 0 Å². The van der Waals surface area contributed by atoms with Crippen molar-refractivity contribution in [1.29, 1.82) is 0 Å². The van der Waals surface area contributed by atoms with E-state index in [0.717, 1.165) is 13.0 Å². The van der Waals surface area contributed by atoms with Crippen molar-refractivity contribution in [1.82, 2.24) is 4.90 Å². The summed E-state index contributed by atoms with van der Waals surface area (Å²) in [4.78, 5) is 13.8. The lowest BCUT2D eigenvalue weighted by molar-refractivity contribution is 0.0224. The smallest absolute Gasteiger partial charge is 0.410 e. The van der Waals surface area contributed by atoms with Crippen molar-refractivity contribution in [2.75, 3.05) is 6.54 Å². The van der Waals surface area contributed by atoms with Crippen LogP contribution in [0, 0.1) is 6.92 Å². The summed E-state index contributed by atoms with van der Waals surface area (Å²) in [5, 5.41) is 0. The van der Waals surface area contributed by atoms with Gasteiger partial charge in [-0.3, -0.25) is 0 Å². The highest BCUT2D eigenvalue weighted by molar-refractivity contribution is 5.68. The Kier molecular flexibility index (Phi) is 5.61. The van der Waals surface area contributed by atoms with E-state index < -0.39 is 5.60 Å². The quantitative estimate of drug-likeness (QED) is 0.707. The molecule has 0 fully saturated rings. The van der Waals surface area contributed by atoms with Gasteiger partial charge in [0.05, 0.1) is 0 Å². The second kappa shape index (κ2) is 6.78. The van der Waals surface area contributed by atoms with Crippen LogP contribution in [0.5, 0.6) is 0 Å². The van der Waals surface area contributed by atoms with Crippen molar-refractivity contribution in [3.05, 3.63) is 34.9 Å². The SMILES string of the molecule is CC.Cc1cccc2c1CCN(C(=O)OC(C)(C)C)C2. The Morgan fingerprint density at radius 3 is 2.50 bits per heavy atom. The van der Waals surface area contributed by atoms with E-state index in [4.69, 9.17) is 4.74 Å². The fourth-order valence-corrected chi connectivity index (χ4v) is 2.28. The summed E-state index contributed by atoms with van der Waals surface area (Å²) >= 11 is 0. The fraction of sp³-hybridized carbons (Fsp3) is 0.588. The summed E-state index contributed by atoms with van der Waals surface area (Å²) in [6.45, 7) is 13.2. The molecule has 0 atom stereocenters. The molecule has 0 unspecified atom stereocenters. The Labute approximate surface area is 122 Å². The Hall–Kier alpha value is -1.51. The number of hydrogen-bond acceptors (Lipinski definition) is 2. The minimum absolute atomic E-state index is 0.213. The molecule has 1 amide bonds. The number of nitrogens with zero attached hydrogens (tertiary/aromatic N) is 1. The Bertz CT molecular complexity index is 461. The first-order chi connectivity index (χ1) is 9.37. The molecule has 3 nitrogen and oxygen atoms in total. The van der Waals surface area contributed by atoms with Gasteiger partial charge >= 0.3 is 6.09 Å². The molecular formula is C17H27NO2. The molecule has 1 aromatic rings. The lowest BCUT2D eigenvalue weighted by Gasteiger charge is -2.31. The second-order valence-electron chi connectivity index (χ2n) is 5.86. The van der Waals surface area contributed by atoms with Gasteiger partial charge in [0.15, 0.2) is 0 Å². The molecule has 0 spiro atoms. The Morgan fingerprint density at radius 2 is 1.90 bits per heavy atom. The fourth-order valence-electron chi connectivity index (χ4n) is 2.28. The highest BCUT2D eigenvalue weighted by Gasteiger charge is 2.25. The van der Waals surface area contributed by atoms with Gasteiger partial charge < -0.3 is 9.64 Å². The van der Waals surface area contributed by atoms with E-state index in [2.05, 4.69) is 19.1 Å². The lowest BCUT2D eigenvalue weighted by Crippen LogP contribution is -2.40. The van der Waals surface area contributed by atoms with Crippen LogP contribution in [0.3, 0.4) is 0 Å². The van der Waals surface area contributed by atoms with Crippen LogP contribution in [-0.4, -0.2) is 23.1 Å². The number of carbonyl (C=O) groups excluding carboxylic acids is 1. The van der Waals surface area contributed by atoms with Crippen molar-refractivity contribution >= 4 is 6.09 Å². The van der Waals surface area contributed by atoms with E-state index in [9.17, 15) is 4.79 Å². The number of hydrogen-bond donors (Lipinski definition) is 0. The predicted molar refractivity (Wildman–Crippen MR) is 82.9 cm³/mol. The Morgan fingerprint density at radius 1 is 1.25 bits per heavy atom. The van der Waals surface area contributed by atoms with Crippen molar-refractivity contribution < 1.29 is 9.53 Å². The molecular weight excluding hydrogens is 250 g/mol. The van der Waals surface area contributed by atoms with Gasteiger partial charge in [-0.15, -0.1) is 0 Å². The highest BCUT2D eigenvalue weighted by atomic mass is 16.6. The van der Waals surface area contributed by atoms with Crippen LogP contribution in [0.15, 0.2) is 18.2 Å². The zero-order valence-corrected chi connectivity index (χ0v) is 13.6. The van der Waals surface area contributed by atoms with Gasteiger partial charge in [0.1, 0.15) is 5.60 Å². The molecule has 0 bridgehead atoms. The summed E-state index contributed by atoms with van der Waals surface area (Å²) in [5.41, 5.74) is 3.52. The molecule has 2 rings (SSSR count). The molecule has 1 aliphatic rings. The monoisotopic (exact) mass is 277 g/mol. The predicted octanol–water partition coefficient (Wildman–Crippen LogP) is 4.31. The van der Waals surface area contributed by atoms with E-state index in [1.165, 1.54) is 16.7 Å². The molecule has 0 saturated heterocycles. The summed E-state index contributed by atoms with van der Waals surface area (Å²) < 4.78 is 5.41. The molecule has 1 heterocycles. The maximum Gasteiger partial charge on any atom is 0.410 e. The van der Waals surface area contributed by atoms with Crippen LogP contribution in [0.2, 0.25) is 0 Å². The first-order valence-corrected chi connectivity index (χ1v) is 7.42. The number of benzene rings is 1. The van der Waals surface area contributed by atoms with E-state index in [-0.39, 0.29) is 6.09 Å². The molecule has 0 aromatic heterocycles. The van der Waals surface area contributed by atoms with Crippen LogP contribution in [0.1, 0.15) is 51.3 Å². The number of rotatable bonds is 0. The van der Waals surface area contributed by atoms with Crippen molar-refractivity contribution in [3.8, 4) is 0 Å². The molecule has 0 N–H and O–H groups in total. The molecule has 1 aromatic carbocycles. The minimum atomic E-state index is -0.427. The average molecular weight is 277 g/mol. The molecule has 0 saturated carbocycles. The van der Waals surface area contributed by atoms with E-state index >= 15 is 0 Å². The van der Waals surface area contributed by atoms with Gasteiger partial charge in [0, 0.05) is 13.1 Å². The molecule has 0 aliphatic carbocycles. The summed E-state index contributed by atoms with van der Waals surface area (Å²) in [6, 6.07) is 6.27. The third-order valence-electron chi connectivity index (χ3n) is 3.15. The van der Waals surface area contributed by atoms with Gasteiger partial charge in [0.2, 0.25) is 0 Å². The Balaban J connectivity index is 0.000000956. The van der Waals surface area contributed by atoms with E-state index in [1.807, 2.05) is 40.7 Å². The molecule has 112 valence electrons. The van der Waals surface area contributed by atoms with Crippen LogP contribution in [0.25, 0.3) is 0 Å². The molecule has 0 radical (unpaired) electrons. The zero-order valence-electron chi connectivity index (χ0n) is 13.6. The van der Waals surface area contributed by atoms with E-state index in [1.54, 1.807) is 4.90 Å². The molecule has 3 heteroatoms. The highest BCUT2D eigenvalue weighted by Crippen LogP contribution is 2.23. The minimum Gasteiger partial charge on any atom is -0.444 e. The first-order valence-electron chi connectivity index (χ1n) is 7.42. The summed E-state index contributed by atoms with van der Waals surface area (Å²) in [7, 11) is 0. The van der Waals surface area contributed by atoms with Gasteiger partial charge in [-0.25, -0.2) is 4.79 Å². The zero-order chi connectivity index (χ0) is 15.3. The van der Waals surface area contributed by atoms with Crippen LogP contribution in [0.4, 0.5) is 4.79 Å². The lowest BCUT2D eigenvalue weighted by atomic mass is 9.95. The first kappa shape index (κ1) is 16.5. The summed E-state index contributed by atoms with van der Waals surface area (Å²) in [6.07, 6.45) is 0.705. The van der Waals surface area contributed by atoms with Gasteiger partial charge in [0.25, 0.3) is 0 Å². The van der Waals surface area contributed by atoms with Crippen LogP contribution >= 0.6 is 0 Å². The summed E-state index contributed by atoms with van der Waals surface area (Å²) in [5.74, 6) is 0. The van der Waals surface area contributed by atoms with Gasteiger partial charge in [-0.05, 0) is 50.8 Å². The topological polar surface area (TPSA) is 29.5 Å². The number of carbonyl (C=O) groups is 1. The maximum absolute atomic E-state index is 12.0. The largest absolute Gasteiger partial charge is 0.444 e. The third kappa shape index (κ3) is 4.26. The average Bonchev–Trinajstić information content (AvgIpc) is 2.39. The molecule has 20 heavy (non-hydrogen) atoms. The molecule has 1 aliphatic heterocycles. The van der Waals surface area contributed by atoms with Crippen molar-refractivity contribution in [2.45, 2.75) is 60.1 Å². The van der Waals surface area contributed by atoms with E-state index in [0.29, 0.717) is 6.54 Å². The van der Waals surface area contributed by atoms with Crippen molar-refractivity contribution in [3.63, 3.8) is 0 Å². The van der Waals surface area contributed by atoms with Gasteiger partial charge in [-0.2, -0.15) is 0 Å². The van der Waals surface area contributed by atoms with Crippen LogP contribution in [-0.2, 0) is 17.7 Å². The maximum atomic E-state index is 12.0.